The first-order valence-electron chi connectivity index (χ1n) is 16.3. The number of ketones is 4. The summed E-state index contributed by atoms with van der Waals surface area (Å²) in [5.41, 5.74) is -1.36. The van der Waals surface area contributed by atoms with Crippen molar-refractivity contribution in [2.24, 2.45) is 17.8 Å². The van der Waals surface area contributed by atoms with Gasteiger partial charge in [-0.1, -0.05) is 75.5 Å². The van der Waals surface area contributed by atoms with Crippen LogP contribution in [0.3, 0.4) is 0 Å². The van der Waals surface area contributed by atoms with E-state index >= 15 is 0 Å². The Morgan fingerprint density at radius 3 is 2.16 bits per heavy atom. The van der Waals surface area contributed by atoms with E-state index in [1.165, 1.54) is 44.2 Å². The first-order valence-corrected chi connectivity index (χ1v) is 16.3. The molecule has 0 unspecified atom stereocenters. The maximum Gasteiger partial charge on any atom is 0.253 e. The Bertz CT molecular complexity index is 1770. The number of hydrogen-bond donors (Lipinski definition) is 6. The van der Waals surface area contributed by atoms with Crippen LogP contribution in [0.15, 0.2) is 83.7 Å². The fraction of sp³-hybridized carbons (Fsp3) is 0.359. The Morgan fingerprint density at radius 1 is 0.820 bits per heavy atom. The van der Waals surface area contributed by atoms with E-state index in [0.717, 1.165) is 6.08 Å². The number of carbonyl (C=O) groups is 5. The highest BCUT2D eigenvalue weighted by atomic mass is 18.2. The van der Waals surface area contributed by atoms with Gasteiger partial charge in [0.1, 0.15) is 11.4 Å². The number of rotatable bonds is 0. The zero-order valence-corrected chi connectivity index (χ0v) is 29.0. The molecule has 2 aliphatic heterocycles. The highest BCUT2D eigenvalue weighted by Crippen LogP contribution is 2.37. The molecule has 266 valence electrons. The second-order valence-corrected chi connectivity index (χ2v) is 12.9. The van der Waals surface area contributed by atoms with Crippen LogP contribution in [0.5, 0.6) is 5.75 Å². The van der Waals surface area contributed by atoms with E-state index in [1.807, 2.05) is 0 Å². The largest absolute Gasteiger partial charge is 0.507 e. The highest BCUT2D eigenvalue weighted by Gasteiger charge is 2.39. The quantitative estimate of drug-likeness (QED) is 0.128. The number of hydrogen-bond acceptors (Lipinski definition) is 10. The van der Waals surface area contributed by atoms with Gasteiger partial charge in [0.05, 0.1) is 29.4 Å². The van der Waals surface area contributed by atoms with Gasteiger partial charge in [0.25, 0.3) is 5.78 Å². The van der Waals surface area contributed by atoms with Crippen molar-refractivity contribution in [3.8, 4) is 5.75 Å². The van der Waals surface area contributed by atoms with Crippen LogP contribution in [0.1, 0.15) is 79.3 Å². The molecule has 11 heteroatoms. The van der Waals surface area contributed by atoms with E-state index in [1.54, 1.807) is 58.1 Å². The van der Waals surface area contributed by atoms with Crippen molar-refractivity contribution in [1.82, 2.24) is 5.32 Å². The number of phenolic OH excluding ortho intramolecular Hbond substituents is 1. The Balaban J connectivity index is 2.07. The molecule has 0 saturated heterocycles. The summed E-state index contributed by atoms with van der Waals surface area (Å²) in [5.74, 6) is -7.27. The monoisotopic (exact) mass is 691 g/mol. The van der Waals surface area contributed by atoms with E-state index in [4.69, 9.17) is 0 Å². The molecule has 1 aliphatic carbocycles. The third-order valence-electron chi connectivity index (χ3n) is 8.81. The zero-order chi connectivity index (χ0) is 37.4. The number of carbonyl (C=O) groups excluding carboxylic acids is 5. The minimum absolute atomic E-state index is 0.0421. The van der Waals surface area contributed by atoms with E-state index in [-0.39, 0.29) is 35.3 Å². The lowest BCUT2D eigenvalue weighted by Gasteiger charge is -2.23. The lowest BCUT2D eigenvalue weighted by atomic mass is 9.83. The Hall–Kier alpha value is -4.97. The predicted octanol–water partition coefficient (Wildman–Crippen LogP) is 4.46. The third kappa shape index (κ3) is 9.38. The summed E-state index contributed by atoms with van der Waals surface area (Å²) >= 11 is 0. The molecule has 6 N–H and O–H groups in total. The molecular weight excluding hydrogens is 646 g/mol. The van der Waals surface area contributed by atoms with Crippen molar-refractivity contribution < 1.29 is 49.5 Å². The van der Waals surface area contributed by atoms with Crippen LogP contribution in [-0.4, -0.2) is 72.9 Å². The molecule has 4 rings (SSSR count). The topological polar surface area (TPSA) is 199 Å². The van der Waals surface area contributed by atoms with Gasteiger partial charge < -0.3 is 30.8 Å². The number of allylic oxidation sites excluding steroid dienone is 7. The fourth-order valence-corrected chi connectivity index (χ4v) is 5.53. The molecule has 3 aliphatic rings. The van der Waals surface area contributed by atoms with E-state index < -0.39 is 87.7 Å². The Labute approximate surface area is 291 Å². The van der Waals surface area contributed by atoms with Crippen molar-refractivity contribution in [3.63, 3.8) is 0 Å². The van der Waals surface area contributed by atoms with Crippen molar-refractivity contribution >= 4 is 34.8 Å². The third-order valence-corrected chi connectivity index (χ3v) is 8.81. The Morgan fingerprint density at radius 2 is 1.48 bits per heavy atom. The number of amides is 1. The standard InChI is InChI=1S/C39H45NO10/c1-20-11-9-7-8-10-12-30(44)40-33-37(48)27-18-25(6)36(47)32(31(27)38(49)39(33)50)35(46)24(5)17-23(4)34(45)22(3)14-16-26(41)15-13-21(2)29(43)19-28(20)42/h7-14,16-18,20,22-23,26,28,34,41-42,45,47-48H,15,19H2,1-6H3,(H,40,44)/b8-7-,11-9+,12-10-,16-14+,21-13+,24-17+/t20-,22-,23-,26-,28-,34-/m0/s1/i48+2,50+2. The summed E-state index contributed by atoms with van der Waals surface area (Å²) in [4.78, 5) is 65.5. The van der Waals surface area contributed by atoms with Crippen LogP contribution in [0.2, 0.25) is 0 Å². The number of nitrogens with one attached hydrogen (secondary N) is 1. The van der Waals surface area contributed by atoms with Crippen molar-refractivity contribution in [2.75, 3.05) is 0 Å². The molecular formula is C39H45NO10. The zero-order valence-electron chi connectivity index (χ0n) is 29.0. The second-order valence-electron chi connectivity index (χ2n) is 12.9. The van der Waals surface area contributed by atoms with Gasteiger partial charge in [0.15, 0.2) is 17.3 Å². The maximum absolute atomic E-state index is 13.7. The normalized spacial score (nSPS) is 31.3. The molecule has 2 heterocycles. The highest BCUT2D eigenvalue weighted by molar-refractivity contribution is 6.53. The molecule has 0 fully saturated rings. The number of benzene rings is 1. The van der Waals surface area contributed by atoms with Crippen LogP contribution >= 0.6 is 0 Å². The van der Waals surface area contributed by atoms with Crippen LogP contribution < -0.4 is 5.32 Å². The van der Waals surface area contributed by atoms with Crippen molar-refractivity contribution in [3.05, 3.63) is 106 Å². The van der Waals surface area contributed by atoms with Gasteiger partial charge in [-0.25, -0.2) is 0 Å². The molecule has 1 aromatic carbocycles. The van der Waals surface area contributed by atoms with E-state index in [0.29, 0.717) is 5.57 Å². The van der Waals surface area contributed by atoms with Gasteiger partial charge in [-0.3, -0.25) is 24.0 Å². The smallest absolute Gasteiger partial charge is 0.253 e. The first kappa shape index (κ1) is 39.5. The van der Waals surface area contributed by atoms with Crippen LogP contribution in [-0.2, 0) is 14.4 Å². The molecule has 11 nitrogen and oxygen atoms in total. The van der Waals surface area contributed by atoms with E-state index in [2.05, 4.69) is 5.32 Å². The number of Topliss-reactive ketones (excluding diaryl/α,β-unsaturated/α-hetero) is 4. The maximum atomic E-state index is 13.7. The van der Waals surface area contributed by atoms with Gasteiger partial charge in [0, 0.05) is 35.8 Å². The molecule has 0 spiro atoms. The lowest BCUT2D eigenvalue weighted by Crippen LogP contribution is -2.35. The number of phenols is 1. The summed E-state index contributed by atoms with van der Waals surface area (Å²) in [7, 11) is 0. The molecule has 0 saturated carbocycles. The molecule has 6 atom stereocenters. The van der Waals surface area contributed by atoms with Gasteiger partial charge in [-0.15, -0.1) is 0 Å². The summed E-state index contributed by atoms with van der Waals surface area (Å²) in [6.45, 7) is 9.57. The average molecular weight is 692 g/mol. The minimum atomic E-state index is -1.29. The second kappa shape index (κ2) is 17.1. The minimum Gasteiger partial charge on any atom is -0.507 e. The lowest BCUT2D eigenvalue weighted by molar-refractivity contribution is -0.118. The summed E-state index contributed by atoms with van der Waals surface area (Å²) < 4.78 is 0. The summed E-state index contributed by atoms with van der Waals surface area (Å²) in [6, 6.07) is 1.23. The Kier molecular flexibility index (Phi) is 13.5. The van der Waals surface area contributed by atoms with Crippen LogP contribution in [0.4, 0.5) is 0 Å². The number of fused-ring (bicyclic) bond motifs is 18. The predicted molar refractivity (Wildman–Crippen MR) is 188 cm³/mol. The molecule has 0 aromatic heterocycles. The molecule has 1 amide bonds. The average Bonchev–Trinajstić information content (AvgIpc) is 3.07. The van der Waals surface area contributed by atoms with Crippen molar-refractivity contribution in [1.29, 1.82) is 0 Å². The summed E-state index contributed by atoms with van der Waals surface area (Å²) in [5, 5.41) is 56.2. The van der Waals surface area contributed by atoms with Gasteiger partial charge in [-0.2, -0.15) is 0 Å². The summed E-state index contributed by atoms with van der Waals surface area (Å²) in [6.07, 6.45) is 11.9. The number of aryl methyl sites for hydroxylation is 1. The SMILES string of the molecule is C/C1=C\C[C@H](O)/C=C/[C@H](C)[C@H](O)[C@@H](C)/C=C(\C)C(=O)c2c(O)c(C)cc3c2C(=O)C(=[18O])C(=C3[18OH])NC(=O)\C=C/C=C\C=C\[C@H](C)[C@@H](O)CC1=O. The molecule has 0 radical (unpaired) electrons. The fourth-order valence-electron chi connectivity index (χ4n) is 5.53. The van der Waals surface area contributed by atoms with Gasteiger partial charge in [-0.05, 0) is 50.0 Å². The molecule has 4 bridgehead atoms. The van der Waals surface area contributed by atoms with Gasteiger partial charge in [0.2, 0.25) is 11.7 Å². The van der Waals surface area contributed by atoms with Crippen LogP contribution in [0.25, 0.3) is 5.76 Å². The van der Waals surface area contributed by atoms with E-state index in [9.17, 15) is 49.5 Å². The number of aliphatic hydroxyl groups excluding tert-OH is 4. The van der Waals surface area contributed by atoms with Gasteiger partial charge >= 0.3 is 0 Å². The molecule has 1 aromatic rings. The van der Waals surface area contributed by atoms with Crippen LogP contribution in [0, 0.1) is 24.7 Å². The van der Waals surface area contributed by atoms with Crippen molar-refractivity contribution in [2.45, 2.75) is 72.7 Å². The first-order chi connectivity index (χ1) is 23.5. The number of aliphatic hydroxyl groups is 4. The number of aromatic hydroxyl groups is 1. The molecule has 50 heavy (non-hydrogen) atoms.